The van der Waals surface area contributed by atoms with Crippen LogP contribution in [-0.2, 0) is 10.5 Å². The van der Waals surface area contributed by atoms with Gasteiger partial charge >= 0.3 is 0 Å². The first-order valence-electron chi connectivity index (χ1n) is 8.73. The van der Waals surface area contributed by atoms with Crippen molar-refractivity contribution < 1.29 is 13.6 Å². The molecule has 0 aliphatic carbocycles. The summed E-state index contributed by atoms with van der Waals surface area (Å²) in [4.78, 5) is 17.9. The zero-order chi connectivity index (χ0) is 21.1. The predicted molar refractivity (Wildman–Crippen MR) is 116 cm³/mol. The minimum absolute atomic E-state index is 0.168. The topological polar surface area (TPSA) is 72.1 Å². The molecule has 2 aromatic heterocycles. The van der Waals surface area contributed by atoms with Crippen LogP contribution in [0.5, 0.6) is 0 Å². The summed E-state index contributed by atoms with van der Waals surface area (Å²) in [5.74, 6) is 0.0210. The lowest BCUT2D eigenvalue weighted by Gasteiger charge is -2.18. The van der Waals surface area contributed by atoms with Gasteiger partial charge in [0.15, 0.2) is 5.13 Å². The second-order valence-electron chi connectivity index (χ2n) is 6.10. The summed E-state index contributed by atoms with van der Waals surface area (Å²) < 4.78 is 19.8. The Kier molecular flexibility index (Phi) is 6.12. The molecule has 1 amide bonds. The van der Waals surface area contributed by atoms with Crippen LogP contribution in [0.3, 0.4) is 0 Å². The predicted octanol–water partition coefficient (Wildman–Crippen LogP) is 5.96. The number of halogens is 2. The molecular formula is C20H14ClFN4O2S2. The molecule has 0 N–H and O–H groups in total. The second kappa shape index (κ2) is 8.95. The summed E-state index contributed by atoms with van der Waals surface area (Å²) in [5.41, 5.74) is 1.62. The highest BCUT2D eigenvalue weighted by Gasteiger charge is 2.21. The largest absolute Gasteiger partial charge is 0.411 e. The van der Waals surface area contributed by atoms with E-state index in [1.165, 1.54) is 41.0 Å². The SMILES string of the molecule is CC(=O)N(c1nc(CSc2nnc(-c3cccc(Cl)c3)o2)cs1)c1ccccc1F. The van der Waals surface area contributed by atoms with Crippen molar-refractivity contribution in [3.05, 3.63) is 70.4 Å². The third-order valence-corrected chi connectivity index (χ3v) is 5.92. The number of carbonyl (C=O) groups excluding carboxylic acids is 1. The molecular weight excluding hydrogens is 447 g/mol. The fourth-order valence-electron chi connectivity index (χ4n) is 2.65. The number of hydrogen-bond donors (Lipinski definition) is 0. The number of rotatable bonds is 6. The summed E-state index contributed by atoms with van der Waals surface area (Å²) in [6.45, 7) is 1.37. The van der Waals surface area contributed by atoms with E-state index in [-0.39, 0.29) is 11.6 Å². The Morgan fingerprint density at radius 3 is 2.83 bits per heavy atom. The van der Waals surface area contributed by atoms with Gasteiger partial charge in [-0.2, -0.15) is 0 Å². The maximum absolute atomic E-state index is 14.2. The lowest BCUT2D eigenvalue weighted by Crippen LogP contribution is -2.23. The van der Waals surface area contributed by atoms with Crippen LogP contribution in [0, 0.1) is 5.82 Å². The summed E-state index contributed by atoms with van der Waals surface area (Å²) in [7, 11) is 0. The van der Waals surface area contributed by atoms with Crippen molar-refractivity contribution in [2.24, 2.45) is 0 Å². The summed E-state index contributed by atoms with van der Waals surface area (Å²) in [6, 6.07) is 13.2. The first-order valence-corrected chi connectivity index (χ1v) is 11.0. The normalized spacial score (nSPS) is 10.9. The van der Waals surface area contributed by atoms with E-state index >= 15 is 0 Å². The van der Waals surface area contributed by atoms with Crippen LogP contribution in [0.4, 0.5) is 15.2 Å². The van der Waals surface area contributed by atoms with Gasteiger partial charge in [0.2, 0.25) is 11.8 Å². The van der Waals surface area contributed by atoms with E-state index in [4.69, 9.17) is 16.0 Å². The first-order chi connectivity index (χ1) is 14.5. The highest BCUT2D eigenvalue weighted by molar-refractivity contribution is 7.98. The van der Waals surface area contributed by atoms with E-state index < -0.39 is 5.82 Å². The number of anilines is 2. The van der Waals surface area contributed by atoms with E-state index in [0.29, 0.717) is 32.7 Å². The van der Waals surface area contributed by atoms with Gasteiger partial charge < -0.3 is 4.42 Å². The Labute approximate surface area is 184 Å². The van der Waals surface area contributed by atoms with E-state index in [2.05, 4.69) is 15.2 Å². The van der Waals surface area contributed by atoms with Crippen LogP contribution in [-0.4, -0.2) is 21.1 Å². The molecule has 6 nitrogen and oxygen atoms in total. The van der Waals surface area contributed by atoms with Gasteiger partial charge in [-0.25, -0.2) is 9.37 Å². The molecule has 2 aromatic carbocycles. The van der Waals surface area contributed by atoms with Gasteiger partial charge in [-0.05, 0) is 30.3 Å². The third kappa shape index (κ3) is 4.53. The third-order valence-electron chi connectivity index (χ3n) is 3.96. The molecule has 0 aliphatic rings. The minimum Gasteiger partial charge on any atom is -0.411 e. The molecule has 0 fully saturated rings. The molecule has 30 heavy (non-hydrogen) atoms. The van der Waals surface area contributed by atoms with E-state index in [1.54, 1.807) is 30.3 Å². The van der Waals surface area contributed by atoms with Gasteiger partial charge in [0.25, 0.3) is 5.22 Å². The van der Waals surface area contributed by atoms with Crippen LogP contribution in [0.25, 0.3) is 11.5 Å². The van der Waals surface area contributed by atoms with Gasteiger partial charge in [0, 0.05) is 28.6 Å². The number of nitrogens with zero attached hydrogens (tertiary/aromatic N) is 4. The van der Waals surface area contributed by atoms with Crippen molar-refractivity contribution in [1.82, 2.24) is 15.2 Å². The Hall–Kier alpha value is -2.75. The smallest absolute Gasteiger partial charge is 0.277 e. The Morgan fingerprint density at radius 1 is 1.23 bits per heavy atom. The number of aromatic nitrogens is 3. The second-order valence-corrected chi connectivity index (χ2v) is 8.30. The van der Waals surface area contributed by atoms with E-state index in [9.17, 15) is 9.18 Å². The molecule has 2 heterocycles. The Balaban J connectivity index is 1.47. The quantitative estimate of drug-likeness (QED) is 0.330. The molecule has 152 valence electrons. The number of amides is 1. The molecule has 0 bridgehead atoms. The highest BCUT2D eigenvalue weighted by Crippen LogP contribution is 2.33. The maximum atomic E-state index is 14.2. The lowest BCUT2D eigenvalue weighted by molar-refractivity contribution is -0.115. The van der Waals surface area contributed by atoms with Crippen LogP contribution in [0.2, 0.25) is 5.02 Å². The Morgan fingerprint density at radius 2 is 2.07 bits per heavy atom. The lowest BCUT2D eigenvalue weighted by atomic mass is 10.2. The molecule has 4 rings (SSSR count). The zero-order valence-electron chi connectivity index (χ0n) is 15.6. The number of benzene rings is 2. The summed E-state index contributed by atoms with van der Waals surface area (Å²) in [6.07, 6.45) is 0. The van der Waals surface area contributed by atoms with E-state index in [1.807, 2.05) is 17.5 Å². The molecule has 10 heteroatoms. The van der Waals surface area contributed by atoms with Crippen LogP contribution < -0.4 is 4.90 Å². The first kappa shape index (κ1) is 20.5. The van der Waals surface area contributed by atoms with Crippen molar-refractivity contribution in [3.8, 4) is 11.5 Å². The molecule has 0 spiro atoms. The van der Waals surface area contributed by atoms with E-state index in [0.717, 1.165) is 5.56 Å². The molecule has 0 saturated carbocycles. The molecule has 0 unspecified atom stereocenters. The maximum Gasteiger partial charge on any atom is 0.277 e. The number of para-hydroxylation sites is 1. The van der Waals surface area contributed by atoms with Gasteiger partial charge in [0.1, 0.15) is 5.82 Å². The number of hydrogen-bond acceptors (Lipinski definition) is 7. The molecule has 4 aromatic rings. The van der Waals surface area contributed by atoms with Gasteiger partial charge in [-0.15, -0.1) is 21.5 Å². The fourth-order valence-corrected chi connectivity index (χ4v) is 4.48. The minimum atomic E-state index is -0.488. The monoisotopic (exact) mass is 460 g/mol. The number of carbonyl (C=O) groups is 1. The average molecular weight is 461 g/mol. The number of thiazole rings is 1. The van der Waals surface area contributed by atoms with Gasteiger partial charge in [0.05, 0.1) is 11.4 Å². The van der Waals surface area contributed by atoms with Crippen LogP contribution in [0.1, 0.15) is 12.6 Å². The van der Waals surface area contributed by atoms with Gasteiger partial charge in [-0.1, -0.05) is 41.6 Å². The standard InChI is InChI=1S/C20H14ClFN4O2S2/c1-12(27)26(17-8-3-2-7-16(17)22)19-23-15(10-29-19)11-30-20-25-24-18(28-20)13-5-4-6-14(21)9-13/h2-10H,11H2,1H3. The summed E-state index contributed by atoms with van der Waals surface area (Å²) in [5, 5.41) is 11.2. The molecule has 0 aliphatic heterocycles. The van der Waals surface area contributed by atoms with Crippen molar-refractivity contribution in [2.45, 2.75) is 17.9 Å². The summed E-state index contributed by atoms with van der Waals surface area (Å²) >= 11 is 8.57. The molecule has 0 radical (unpaired) electrons. The molecule has 0 atom stereocenters. The van der Waals surface area contributed by atoms with Crippen molar-refractivity contribution in [1.29, 1.82) is 0 Å². The number of thioether (sulfide) groups is 1. The van der Waals surface area contributed by atoms with Crippen LogP contribution >= 0.6 is 34.7 Å². The van der Waals surface area contributed by atoms with Crippen LogP contribution in [0.15, 0.2) is 63.6 Å². The van der Waals surface area contributed by atoms with Crippen molar-refractivity contribution >= 4 is 51.4 Å². The highest BCUT2D eigenvalue weighted by atomic mass is 35.5. The van der Waals surface area contributed by atoms with Crippen molar-refractivity contribution in [3.63, 3.8) is 0 Å². The van der Waals surface area contributed by atoms with Gasteiger partial charge in [-0.3, -0.25) is 9.69 Å². The van der Waals surface area contributed by atoms with Crippen molar-refractivity contribution in [2.75, 3.05) is 4.90 Å². The molecule has 0 saturated heterocycles. The zero-order valence-corrected chi connectivity index (χ0v) is 18.0. The Bertz CT molecular complexity index is 1200. The fraction of sp³-hybridized carbons (Fsp3) is 0.100. The average Bonchev–Trinajstić information content (AvgIpc) is 3.38.